The standard InChI is InChI=1S/C19H18ClFN2O2S/c20-17-15-4-3-12(21)10-16(15)26-18(17)19(24)23(11-14-2-1-9-25-14)13-5-7-22-8-6-13/h1-4,9-10,13,22H,5-8,11H2. The van der Waals surface area contributed by atoms with E-state index < -0.39 is 0 Å². The van der Waals surface area contributed by atoms with E-state index in [0.29, 0.717) is 26.5 Å². The average molecular weight is 393 g/mol. The highest BCUT2D eigenvalue weighted by Gasteiger charge is 2.30. The molecule has 1 aliphatic rings. The zero-order valence-electron chi connectivity index (χ0n) is 14.0. The summed E-state index contributed by atoms with van der Waals surface area (Å²) in [6, 6.07) is 8.21. The van der Waals surface area contributed by atoms with Crippen LogP contribution in [0.2, 0.25) is 5.02 Å². The molecular formula is C19H18ClFN2O2S. The maximum Gasteiger partial charge on any atom is 0.266 e. The molecule has 1 aromatic carbocycles. The molecule has 0 unspecified atom stereocenters. The number of carbonyl (C=O) groups excluding carboxylic acids is 1. The molecule has 1 fully saturated rings. The summed E-state index contributed by atoms with van der Waals surface area (Å²) < 4.78 is 19.7. The Hall–Kier alpha value is -1.89. The smallest absolute Gasteiger partial charge is 0.266 e. The van der Waals surface area contributed by atoms with Gasteiger partial charge in [0.2, 0.25) is 0 Å². The van der Waals surface area contributed by atoms with Gasteiger partial charge in [-0.15, -0.1) is 11.3 Å². The fraction of sp³-hybridized carbons (Fsp3) is 0.316. The second kappa shape index (κ2) is 7.39. The van der Waals surface area contributed by atoms with Crippen LogP contribution in [0.4, 0.5) is 4.39 Å². The van der Waals surface area contributed by atoms with Crippen molar-refractivity contribution in [2.24, 2.45) is 0 Å². The number of piperidine rings is 1. The number of rotatable bonds is 4. The molecule has 0 atom stereocenters. The number of hydrogen-bond donors (Lipinski definition) is 1. The number of amides is 1. The van der Waals surface area contributed by atoms with Crippen molar-refractivity contribution in [3.8, 4) is 0 Å². The van der Waals surface area contributed by atoms with Crippen LogP contribution < -0.4 is 5.32 Å². The molecule has 3 aromatic rings. The number of nitrogens with zero attached hydrogens (tertiary/aromatic N) is 1. The van der Waals surface area contributed by atoms with Crippen molar-refractivity contribution in [3.63, 3.8) is 0 Å². The lowest BCUT2D eigenvalue weighted by atomic mass is 10.0. The molecule has 0 saturated carbocycles. The van der Waals surface area contributed by atoms with E-state index in [1.807, 2.05) is 17.0 Å². The van der Waals surface area contributed by atoms with Crippen LogP contribution in [0.5, 0.6) is 0 Å². The quantitative estimate of drug-likeness (QED) is 0.701. The maximum atomic E-state index is 13.5. The predicted octanol–water partition coefficient (Wildman–Crippen LogP) is 4.68. The van der Waals surface area contributed by atoms with Gasteiger partial charge in [-0.25, -0.2) is 4.39 Å². The Balaban J connectivity index is 1.70. The number of furan rings is 1. The van der Waals surface area contributed by atoms with Crippen molar-refractivity contribution in [1.29, 1.82) is 0 Å². The number of benzene rings is 1. The zero-order chi connectivity index (χ0) is 18.1. The Kier molecular flexibility index (Phi) is 4.98. The van der Waals surface area contributed by atoms with Crippen LogP contribution in [-0.4, -0.2) is 29.9 Å². The maximum absolute atomic E-state index is 13.5. The molecule has 3 heterocycles. The van der Waals surface area contributed by atoms with Gasteiger partial charge in [0.05, 0.1) is 17.8 Å². The van der Waals surface area contributed by atoms with Gasteiger partial charge in [-0.05, 0) is 56.3 Å². The van der Waals surface area contributed by atoms with Crippen LogP contribution in [0.1, 0.15) is 28.3 Å². The Morgan fingerprint density at radius 1 is 1.35 bits per heavy atom. The van der Waals surface area contributed by atoms with E-state index in [1.54, 1.807) is 12.3 Å². The molecule has 2 aromatic heterocycles. The highest BCUT2D eigenvalue weighted by atomic mass is 35.5. The highest BCUT2D eigenvalue weighted by Crippen LogP contribution is 2.37. The molecule has 1 aliphatic heterocycles. The van der Waals surface area contributed by atoms with Gasteiger partial charge < -0.3 is 14.6 Å². The van der Waals surface area contributed by atoms with Gasteiger partial charge >= 0.3 is 0 Å². The van der Waals surface area contributed by atoms with Gasteiger partial charge in [-0.3, -0.25) is 4.79 Å². The van der Waals surface area contributed by atoms with Gasteiger partial charge in [0.1, 0.15) is 16.5 Å². The van der Waals surface area contributed by atoms with Crippen LogP contribution >= 0.6 is 22.9 Å². The van der Waals surface area contributed by atoms with Crippen LogP contribution in [0, 0.1) is 5.82 Å². The monoisotopic (exact) mass is 392 g/mol. The summed E-state index contributed by atoms with van der Waals surface area (Å²) in [4.78, 5) is 15.6. The molecule has 1 N–H and O–H groups in total. The predicted molar refractivity (Wildman–Crippen MR) is 101 cm³/mol. The van der Waals surface area contributed by atoms with E-state index >= 15 is 0 Å². The lowest BCUT2D eigenvalue weighted by molar-refractivity contribution is 0.0611. The Labute approximate surface area is 159 Å². The fourth-order valence-electron chi connectivity index (χ4n) is 3.36. The first-order valence-corrected chi connectivity index (χ1v) is 9.74. The van der Waals surface area contributed by atoms with E-state index in [2.05, 4.69) is 5.32 Å². The Bertz CT molecular complexity index is 919. The number of thiophene rings is 1. The molecule has 0 radical (unpaired) electrons. The summed E-state index contributed by atoms with van der Waals surface area (Å²) in [6.07, 6.45) is 3.36. The third-order valence-corrected chi connectivity index (χ3v) is 6.35. The van der Waals surface area contributed by atoms with Crippen molar-refractivity contribution in [2.75, 3.05) is 13.1 Å². The van der Waals surface area contributed by atoms with Crippen molar-refractivity contribution in [1.82, 2.24) is 10.2 Å². The molecule has 136 valence electrons. The molecule has 1 saturated heterocycles. The van der Waals surface area contributed by atoms with Gasteiger partial charge in [0.25, 0.3) is 5.91 Å². The largest absolute Gasteiger partial charge is 0.467 e. The molecule has 1 amide bonds. The summed E-state index contributed by atoms with van der Waals surface area (Å²) in [5.41, 5.74) is 0. The van der Waals surface area contributed by atoms with E-state index in [4.69, 9.17) is 16.0 Å². The second-order valence-electron chi connectivity index (χ2n) is 6.38. The molecular weight excluding hydrogens is 375 g/mol. The van der Waals surface area contributed by atoms with E-state index in [9.17, 15) is 9.18 Å². The first-order chi connectivity index (χ1) is 12.6. The third kappa shape index (κ3) is 3.37. The minimum Gasteiger partial charge on any atom is -0.467 e. The fourth-order valence-corrected chi connectivity index (χ4v) is 4.86. The van der Waals surface area contributed by atoms with Gasteiger partial charge in [0, 0.05) is 16.1 Å². The zero-order valence-corrected chi connectivity index (χ0v) is 15.6. The number of hydrogen-bond acceptors (Lipinski definition) is 4. The number of fused-ring (bicyclic) bond motifs is 1. The van der Waals surface area contributed by atoms with Crippen LogP contribution in [-0.2, 0) is 6.54 Å². The lowest BCUT2D eigenvalue weighted by Gasteiger charge is -2.34. The van der Waals surface area contributed by atoms with Crippen LogP contribution in [0.3, 0.4) is 0 Å². The summed E-state index contributed by atoms with van der Waals surface area (Å²) in [5.74, 6) is 0.278. The van der Waals surface area contributed by atoms with Crippen molar-refractivity contribution in [2.45, 2.75) is 25.4 Å². The SMILES string of the molecule is O=C(c1sc2cc(F)ccc2c1Cl)N(Cc1ccco1)C1CCNCC1. The van der Waals surface area contributed by atoms with Crippen molar-refractivity contribution in [3.05, 3.63) is 58.1 Å². The number of carbonyl (C=O) groups is 1. The third-order valence-electron chi connectivity index (χ3n) is 4.70. The second-order valence-corrected chi connectivity index (χ2v) is 7.81. The number of nitrogens with one attached hydrogen (secondary N) is 1. The van der Waals surface area contributed by atoms with Crippen molar-refractivity contribution >= 4 is 38.9 Å². The van der Waals surface area contributed by atoms with Crippen LogP contribution in [0.15, 0.2) is 41.0 Å². The van der Waals surface area contributed by atoms with Gasteiger partial charge in [-0.2, -0.15) is 0 Å². The summed E-state index contributed by atoms with van der Waals surface area (Å²) in [6.45, 7) is 2.14. The molecule has 4 nitrogen and oxygen atoms in total. The number of halogens is 2. The molecule has 4 rings (SSSR count). The first-order valence-electron chi connectivity index (χ1n) is 8.55. The average Bonchev–Trinajstić information content (AvgIpc) is 3.28. The minimum atomic E-state index is -0.333. The Morgan fingerprint density at radius 2 is 2.15 bits per heavy atom. The topological polar surface area (TPSA) is 45.5 Å². The summed E-state index contributed by atoms with van der Waals surface area (Å²) in [7, 11) is 0. The highest BCUT2D eigenvalue weighted by molar-refractivity contribution is 7.21. The minimum absolute atomic E-state index is 0.117. The molecule has 7 heteroatoms. The lowest BCUT2D eigenvalue weighted by Crippen LogP contribution is -2.45. The van der Waals surface area contributed by atoms with E-state index in [-0.39, 0.29) is 17.8 Å². The molecule has 26 heavy (non-hydrogen) atoms. The van der Waals surface area contributed by atoms with E-state index in [0.717, 1.165) is 31.7 Å². The Morgan fingerprint density at radius 3 is 2.88 bits per heavy atom. The van der Waals surface area contributed by atoms with Gasteiger partial charge in [0.15, 0.2) is 0 Å². The molecule has 0 aliphatic carbocycles. The normalized spacial score (nSPS) is 15.5. The van der Waals surface area contributed by atoms with Crippen molar-refractivity contribution < 1.29 is 13.6 Å². The van der Waals surface area contributed by atoms with E-state index in [1.165, 1.54) is 23.5 Å². The first kappa shape index (κ1) is 17.5. The molecule has 0 bridgehead atoms. The van der Waals surface area contributed by atoms with Crippen LogP contribution in [0.25, 0.3) is 10.1 Å². The molecule has 0 spiro atoms. The van der Waals surface area contributed by atoms with Gasteiger partial charge in [-0.1, -0.05) is 11.6 Å². The summed E-state index contributed by atoms with van der Waals surface area (Å²) >= 11 is 7.72. The summed E-state index contributed by atoms with van der Waals surface area (Å²) in [5, 5.41) is 4.43.